The molecule has 0 amide bonds. The van der Waals surface area contributed by atoms with Crippen molar-refractivity contribution >= 4 is 28.1 Å². The van der Waals surface area contributed by atoms with Crippen LogP contribution in [0.3, 0.4) is 0 Å². The number of aromatic nitrogens is 2. The van der Waals surface area contributed by atoms with Gasteiger partial charge in [-0.05, 0) is 6.42 Å². The lowest BCUT2D eigenvalue weighted by atomic mass is 10.3. The molecule has 88 valence electrons. The van der Waals surface area contributed by atoms with E-state index in [4.69, 9.17) is 5.11 Å². The summed E-state index contributed by atoms with van der Waals surface area (Å²) >= 11 is 3.16. The number of thiazole rings is 1. The van der Waals surface area contributed by atoms with E-state index in [2.05, 4.69) is 11.9 Å². The second kappa shape index (κ2) is 5.18. The van der Waals surface area contributed by atoms with Crippen LogP contribution in [0.1, 0.15) is 19.0 Å². The second-order valence-electron chi connectivity index (χ2n) is 3.52. The number of rotatable bonds is 5. The molecule has 2 heterocycles. The quantitative estimate of drug-likeness (QED) is 0.802. The third-order valence-electron chi connectivity index (χ3n) is 2.32. The minimum absolute atomic E-state index is 0.00786. The predicted octanol–water partition coefficient (Wildman–Crippen LogP) is 1.75. The molecule has 1 atom stereocenters. The largest absolute Gasteiger partial charge is 0.396 e. The molecule has 16 heavy (non-hydrogen) atoms. The van der Waals surface area contributed by atoms with Crippen molar-refractivity contribution in [1.82, 2.24) is 9.38 Å². The Morgan fingerprint density at radius 3 is 3.06 bits per heavy atom. The van der Waals surface area contributed by atoms with Gasteiger partial charge in [-0.1, -0.05) is 6.92 Å². The first-order valence-electron chi connectivity index (χ1n) is 5.09. The molecule has 0 fully saturated rings. The average Bonchev–Trinajstić information content (AvgIpc) is 2.77. The molecule has 2 aromatic rings. The highest BCUT2D eigenvalue weighted by molar-refractivity contribution is 7.99. The minimum Gasteiger partial charge on any atom is -0.396 e. The molecule has 1 unspecified atom stereocenters. The molecule has 4 nitrogen and oxygen atoms in total. The number of hydrogen-bond acceptors (Lipinski definition) is 5. The van der Waals surface area contributed by atoms with E-state index in [1.54, 1.807) is 23.1 Å². The standard InChI is InChI=1S/C10H14N2O2S2/c1-7(2-4-13)16-9-8(6-14)12-3-5-15-10(12)11-9/h3,5,7,13-14H,2,4,6H2,1H3. The van der Waals surface area contributed by atoms with Gasteiger partial charge >= 0.3 is 0 Å². The lowest BCUT2D eigenvalue weighted by Crippen LogP contribution is -2.00. The van der Waals surface area contributed by atoms with Crippen molar-refractivity contribution in [2.75, 3.05) is 6.61 Å². The fourth-order valence-corrected chi connectivity index (χ4v) is 3.32. The van der Waals surface area contributed by atoms with E-state index >= 15 is 0 Å². The zero-order valence-electron chi connectivity index (χ0n) is 8.96. The zero-order chi connectivity index (χ0) is 11.5. The van der Waals surface area contributed by atoms with Crippen LogP contribution in [0.4, 0.5) is 0 Å². The van der Waals surface area contributed by atoms with Crippen molar-refractivity contribution in [2.24, 2.45) is 0 Å². The number of hydrogen-bond donors (Lipinski definition) is 2. The fraction of sp³-hybridized carbons (Fsp3) is 0.500. The molecular formula is C10H14N2O2S2. The number of aliphatic hydroxyl groups is 2. The summed E-state index contributed by atoms with van der Waals surface area (Å²) in [5.41, 5.74) is 0.839. The van der Waals surface area contributed by atoms with Crippen LogP contribution >= 0.6 is 23.1 Å². The van der Waals surface area contributed by atoms with Gasteiger partial charge in [-0.2, -0.15) is 0 Å². The molecule has 0 saturated carbocycles. The Hall–Kier alpha value is -0.560. The SMILES string of the molecule is CC(CCO)Sc1nc2sccn2c1CO. The maximum absolute atomic E-state index is 9.35. The third-order valence-corrected chi connectivity index (χ3v) is 4.27. The van der Waals surface area contributed by atoms with Crippen molar-refractivity contribution in [3.05, 3.63) is 17.3 Å². The monoisotopic (exact) mass is 258 g/mol. The molecule has 0 bridgehead atoms. The van der Waals surface area contributed by atoms with E-state index in [1.807, 2.05) is 16.0 Å². The first-order chi connectivity index (χ1) is 7.76. The highest BCUT2D eigenvalue weighted by Crippen LogP contribution is 2.29. The summed E-state index contributed by atoms with van der Waals surface area (Å²) in [7, 11) is 0. The van der Waals surface area contributed by atoms with Crippen LogP contribution in [0.2, 0.25) is 0 Å². The van der Waals surface area contributed by atoms with E-state index in [0.717, 1.165) is 22.1 Å². The molecule has 6 heteroatoms. The van der Waals surface area contributed by atoms with Crippen LogP contribution in [-0.2, 0) is 6.61 Å². The van der Waals surface area contributed by atoms with E-state index in [-0.39, 0.29) is 13.2 Å². The summed E-state index contributed by atoms with van der Waals surface area (Å²) in [4.78, 5) is 5.37. The van der Waals surface area contributed by atoms with E-state index < -0.39 is 0 Å². The lowest BCUT2D eigenvalue weighted by molar-refractivity contribution is 0.272. The smallest absolute Gasteiger partial charge is 0.195 e. The topological polar surface area (TPSA) is 57.8 Å². The van der Waals surface area contributed by atoms with Gasteiger partial charge in [0.2, 0.25) is 0 Å². The Labute approximate surface area is 102 Å². The van der Waals surface area contributed by atoms with Crippen LogP contribution in [-0.4, -0.2) is 31.5 Å². The van der Waals surface area contributed by atoms with Gasteiger partial charge in [0.25, 0.3) is 0 Å². The number of fused-ring (bicyclic) bond motifs is 1. The molecule has 0 aliphatic heterocycles. The summed E-state index contributed by atoms with van der Waals surface area (Å²) in [6, 6.07) is 0. The van der Waals surface area contributed by atoms with Gasteiger partial charge in [-0.15, -0.1) is 23.1 Å². The van der Waals surface area contributed by atoms with Crippen LogP contribution in [0.5, 0.6) is 0 Å². The van der Waals surface area contributed by atoms with Gasteiger partial charge in [-0.3, -0.25) is 4.40 Å². The Morgan fingerprint density at radius 2 is 2.38 bits per heavy atom. The summed E-state index contributed by atoms with van der Waals surface area (Å²) in [5.74, 6) is 0. The number of aliphatic hydroxyl groups excluding tert-OH is 2. The van der Waals surface area contributed by atoms with Crippen molar-refractivity contribution < 1.29 is 10.2 Å². The summed E-state index contributed by atoms with van der Waals surface area (Å²) in [5, 5.41) is 21.3. The fourth-order valence-electron chi connectivity index (χ4n) is 1.48. The normalized spacial score (nSPS) is 13.4. The number of thioether (sulfide) groups is 1. The molecule has 0 spiro atoms. The first-order valence-corrected chi connectivity index (χ1v) is 6.85. The van der Waals surface area contributed by atoms with E-state index in [0.29, 0.717) is 5.25 Å². The molecule has 0 aromatic carbocycles. The zero-order valence-corrected chi connectivity index (χ0v) is 10.6. The Balaban J connectivity index is 2.25. The van der Waals surface area contributed by atoms with Gasteiger partial charge in [0.15, 0.2) is 4.96 Å². The Morgan fingerprint density at radius 1 is 1.56 bits per heavy atom. The van der Waals surface area contributed by atoms with Gasteiger partial charge in [0.05, 0.1) is 12.3 Å². The van der Waals surface area contributed by atoms with Gasteiger partial charge < -0.3 is 10.2 Å². The van der Waals surface area contributed by atoms with Crippen molar-refractivity contribution in [3.8, 4) is 0 Å². The van der Waals surface area contributed by atoms with Crippen LogP contribution in [0, 0.1) is 0 Å². The third kappa shape index (κ3) is 2.24. The van der Waals surface area contributed by atoms with Gasteiger partial charge in [0.1, 0.15) is 5.03 Å². The molecule has 0 saturated heterocycles. The van der Waals surface area contributed by atoms with E-state index in [1.165, 1.54) is 0 Å². The van der Waals surface area contributed by atoms with Crippen molar-refractivity contribution in [1.29, 1.82) is 0 Å². The molecular weight excluding hydrogens is 244 g/mol. The maximum atomic E-state index is 9.35. The molecule has 0 radical (unpaired) electrons. The van der Waals surface area contributed by atoms with Crippen LogP contribution in [0.25, 0.3) is 4.96 Å². The summed E-state index contributed by atoms with van der Waals surface area (Å²) < 4.78 is 1.92. The Bertz CT molecular complexity index is 466. The number of nitrogens with zero attached hydrogens (tertiary/aromatic N) is 2. The first kappa shape index (κ1) is 11.9. The predicted molar refractivity (Wildman–Crippen MR) is 66.0 cm³/mol. The van der Waals surface area contributed by atoms with Gasteiger partial charge in [0, 0.05) is 23.4 Å². The molecule has 2 aromatic heterocycles. The second-order valence-corrected chi connectivity index (χ2v) is 5.82. The molecule has 0 aliphatic carbocycles. The summed E-state index contributed by atoms with van der Waals surface area (Å²) in [6.07, 6.45) is 2.65. The van der Waals surface area contributed by atoms with Gasteiger partial charge in [-0.25, -0.2) is 4.98 Å². The highest BCUT2D eigenvalue weighted by atomic mass is 32.2. The maximum Gasteiger partial charge on any atom is 0.195 e. The van der Waals surface area contributed by atoms with Crippen LogP contribution in [0.15, 0.2) is 16.6 Å². The van der Waals surface area contributed by atoms with Crippen molar-refractivity contribution in [2.45, 2.75) is 30.2 Å². The van der Waals surface area contributed by atoms with E-state index in [9.17, 15) is 5.11 Å². The molecule has 2 rings (SSSR count). The Kier molecular flexibility index (Phi) is 3.86. The molecule has 2 N–H and O–H groups in total. The average molecular weight is 258 g/mol. The summed E-state index contributed by atoms with van der Waals surface area (Å²) in [6.45, 7) is 2.23. The van der Waals surface area contributed by atoms with Crippen LogP contribution < -0.4 is 0 Å². The molecule has 0 aliphatic rings. The lowest BCUT2D eigenvalue weighted by Gasteiger charge is -2.07. The minimum atomic E-state index is -0.00786. The number of imidazole rings is 1. The highest BCUT2D eigenvalue weighted by Gasteiger charge is 2.15. The van der Waals surface area contributed by atoms with Crippen molar-refractivity contribution in [3.63, 3.8) is 0 Å².